The molecule has 0 aliphatic heterocycles. The lowest BCUT2D eigenvalue weighted by Gasteiger charge is -2.13. The minimum absolute atomic E-state index is 0.00721. The van der Waals surface area contributed by atoms with E-state index in [1.54, 1.807) is 36.9 Å². The van der Waals surface area contributed by atoms with Crippen LogP contribution in [0.4, 0.5) is 10.2 Å². The summed E-state index contributed by atoms with van der Waals surface area (Å²) in [5.41, 5.74) is 9.13. The number of aryl methyl sites for hydroxylation is 1. The third kappa shape index (κ3) is 4.60. The summed E-state index contributed by atoms with van der Waals surface area (Å²) in [7, 11) is 3.27. The van der Waals surface area contributed by atoms with Crippen molar-refractivity contribution in [2.45, 2.75) is 13.8 Å². The van der Waals surface area contributed by atoms with Gasteiger partial charge in [0, 0.05) is 36.6 Å². The van der Waals surface area contributed by atoms with Crippen LogP contribution in [0.25, 0.3) is 33.5 Å². The van der Waals surface area contributed by atoms with Gasteiger partial charge in [-0.1, -0.05) is 12.0 Å². The summed E-state index contributed by atoms with van der Waals surface area (Å²) < 4.78 is 28.6. The highest BCUT2D eigenvalue weighted by molar-refractivity contribution is 6.07. The normalized spacial score (nSPS) is 11.9. The van der Waals surface area contributed by atoms with Crippen molar-refractivity contribution in [3.8, 4) is 46.4 Å². The fourth-order valence-electron chi connectivity index (χ4n) is 3.76. The average molecular weight is 499 g/mol. The Morgan fingerprint density at radius 1 is 1.24 bits per heavy atom. The summed E-state index contributed by atoms with van der Waals surface area (Å²) in [5.74, 6) is 2.46. The molecule has 0 fully saturated rings. The zero-order valence-corrected chi connectivity index (χ0v) is 20.7. The van der Waals surface area contributed by atoms with Crippen molar-refractivity contribution < 1.29 is 13.9 Å². The van der Waals surface area contributed by atoms with E-state index in [1.165, 1.54) is 25.7 Å². The Morgan fingerprint density at radius 3 is 2.68 bits per heavy atom. The number of allylic oxidation sites excluding steroid dienone is 2. The van der Waals surface area contributed by atoms with Crippen LogP contribution >= 0.6 is 0 Å². The van der Waals surface area contributed by atoms with E-state index in [-0.39, 0.29) is 23.3 Å². The molecule has 4 heterocycles. The van der Waals surface area contributed by atoms with Crippen molar-refractivity contribution >= 4 is 29.6 Å². The van der Waals surface area contributed by atoms with E-state index in [9.17, 15) is 0 Å². The van der Waals surface area contributed by atoms with Crippen LogP contribution in [-0.4, -0.2) is 44.4 Å². The molecule has 4 aromatic rings. The Kier molecular flexibility index (Phi) is 6.92. The molecule has 0 aliphatic carbocycles. The fourth-order valence-corrected chi connectivity index (χ4v) is 3.76. The van der Waals surface area contributed by atoms with Crippen LogP contribution < -0.4 is 15.2 Å². The van der Waals surface area contributed by atoms with E-state index in [1.807, 2.05) is 6.92 Å². The van der Waals surface area contributed by atoms with Crippen LogP contribution in [0, 0.1) is 18.2 Å². The molecule has 0 unspecified atom stereocenters. The monoisotopic (exact) mass is 498 g/mol. The number of pyridine rings is 2. The van der Waals surface area contributed by atoms with Gasteiger partial charge in [0.05, 0.1) is 30.0 Å². The number of nitrogen functional groups attached to an aromatic ring is 1. The first-order valence-corrected chi connectivity index (χ1v) is 10.9. The largest absolute Gasteiger partial charge is 0.496 e. The van der Waals surface area contributed by atoms with Gasteiger partial charge in [-0.25, -0.2) is 34.3 Å². The maximum atomic E-state index is 15.7. The van der Waals surface area contributed by atoms with Crippen molar-refractivity contribution in [1.82, 2.24) is 24.5 Å². The third-order valence-corrected chi connectivity index (χ3v) is 5.57. The van der Waals surface area contributed by atoms with Gasteiger partial charge in [0.1, 0.15) is 34.9 Å². The first-order chi connectivity index (χ1) is 17.8. The molecule has 2 N–H and O–H groups in total. The van der Waals surface area contributed by atoms with Crippen LogP contribution in [-0.2, 0) is 7.05 Å². The molecule has 0 saturated heterocycles. The summed E-state index contributed by atoms with van der Waals surface area (Å²) in [5, 5.41) is 0.418. The number of halogens is 1. The quantitative estimate of drug-likeness (QED) is 0.249. The van der Waals surface area contributed by atoms with Gasteiger partial charge in [0.25, 0.3) is 0 Å². The van der Waals surface area contributed by atoms with Crippen LogP contribution in [0.15, 0.2) is 52.6 Å². The number of methoxy groups -OCH3 is 1. The SMILES string of the molecule is C#Cc1cc(OC)c(-c2c(-c3ncc(OC(N=C)=N/C(C)=C\C)cc3F)c3c(N)ncnc3n2C)cn1. The highest BCUT2D eigenvalue weighted by Gasteiger charge is 2.27. The minimum atomic E-state index is -0.687. The topological polar surface area (TPSA) is 126 Å². The summed E-state index contributed by atoms with van der Waals surface area (Å²) in [6.45, 7) is 7.03. The number of terminal acetylenes is 1. The molecule has 10 nitrogen and oxygen atoms in total. The number of fused-ring (bicyclic) bond motifs is 1. The minimum Gasteiger partial charge on any atom is -0.496 e. The Hall–Kier alpha value is -5.11. The highest BCUT2D eigenvalue weighted by atomic mass is 19.1. The van der Waals surface area contributed by atoms with Crippen molar-refractivity contribution in [1.29, 1.82) is 0 Å². The summed E-state index contributed by atoms with van der Waals surface area (Å²) >= 11 is 0. The van der Waals surface area contributed by atoms with E-state index < -0.39 is 5.82 Å². The van der Waals surface area contributed by atoms with Crippen molar-refractivity contribution in [2.75, 3.05) is 12.8 Å². The van der Waals surface area contributed by atoms with E-state index in [0.717, 1.165) is 0 Å². The van der Waals surface area contributed by atoms with Gasteiger partial charge >= 0.3 is 6.02 Å². The number of hydrogen-bond acceptors (Lipinski definition) is 8. The van der Waals surface area contributed by atoms with Crippen molar-refractivity contribution in [3.05, 3.63) is 54.1 Å². The Balaban J connectivity index is 1.96. The Bertz CT molecular complexity index is 1630. The molecule has 0 radical (unpaired) electrons. The number of amidine groups is 1. The molecule has 0 atom stereocenters. The van der Waals surface area contributed by atoms with Gasteiger partial charge in [0.2, 0.25) is 0 Å². The third-order valence-electron chi connectivity index (χ3n) is 5.57. The van der Waals surface area contributed by atoms with E-state index in [2.05, 4.69) is 42.6 Å². The number of anilines is 1. The predicted octanol–water partition coefficient (Wildman–Crippen LogP) is 4.16. The number of hydrogen-bond donors (Lipinski definition) is 1. The molecule has 37 heavy (non-hydrogen) atoms. The highest BCUT2D eigenvalue weighted by Crippen LogP contribution is 2.44. The standard InChI is InChI=1S/C26H23FN8O2/c1-7-14(3)34-26(29-4)37-16-10-18(27)22(31-11-16)20-21-24(28)32-13-33-25(21)35(5)23(20)17-12-30-15(8-2)9-19(17)36-6/h2,7,9-13H,4H2,1,3,5-6H3,(H2,28,32,33)/b14-7-,34-26?. The molecule has 186 valence electrons. The maximum absolute atomic E-state index is 15.7. The zero-order valence-electron chi connectivity index (χ0n) is 20.7. The number of rotatable bonds is 5. The van der Waals surface area contributed by atoms with Crippen LogP contribution in [0.1, 0.15) is 19.5 Å². The van der Waals surface area contributed by atoms with Gasteiger partial charge in [-0.3, -0.25) is 0 Å². The molecule has 0 bridgehead atoms. The molecule has 0 saturated carbocycles. The van der Waals surface area contributed by atoms with E-state index in [4.69, 9.17) is 21.6 Å². The lowest BCUT2D eigenvalue weighted by Crippen LogP contribution is -2.06. The second-order valence-corrected chi connectivity index (χ2v) is 7.74. The molecular weight excluding hydrogens is 475 g/mol. The number of aliphatic imine (C=N–C) groups is 2. The zero-order chi connectivity index (χ0) is 26.7. The predicted molar refractivity (Wildman–Crippen MR) is 141 cm³/mol. The molecule has 0 amide bonds. The summed E-state index contributed by atoms with van der Waals surface area (Å²) in [4.78, 5) is 25.0. The number of nitrogens with zero attached hydrogens (tertiary/aromatic N) is 7. The Labute approximate surface area is 212 Å². The van der Waals surface area contributed by atoms with E-state index in [0.29, 0.717) is 45.0 Å². The molecule has 4 rings (SSSR count). The first-order valence-electron chi connectivity index (χ1n) is 10.9. The van der Waals surface area contributed by atoms with Crippen LogP contribution in [0.5, 0.6) is 11.5 Å². The molecule has 0 spiro atoms. The molecular formula is C26H23FN8O2. The van der Waals surface area contributed by atoms with Crippen LogP contribution in [0.3, 0.4) is 0 Å². The summed E-state index contributed by atoms with van der Waals surface area (Å²) in [6.07, 6.45) is 11.5. The molecule has 0 aliphatic rings. The van der Waals surface area contributed by atoms with Gasteiger partial charge in [-0.2, -0.15) is 0 Å². The number of aromatic nitrogens is 5. The van der Waals surface area contributed by atoms with Crippen LogP contribution in [0.2, 0.25) is 0 Å². The smallest absolute Gasteiger partial charge is 0.321 e. The number of nitrogens with two attached hydrogens (primary N) is 1. The van der Waals surface area contributed by atoms with E-state index >= 15 is 4.39 Å². The second-order valence-electron chi connectivity index (χ2n) is 7.74. The maximum Gasteiger partial charge on any atom is 0.321 e. The molecule has 4 aromatic heterocycles. The fraction of sp³-hybridized carbons (Fsp3) is 0.154. The number of ether oxygens (including phenoxy) is 2. The van der Waals surface area contributed by atoms with Gasteiger partial charge < -0.3 is 19.8 Å². The Morgan fingerprint density at radius 2 is 2.03 bits per heavy atom. The van der Waals surface area contributed by atoms with Gasteiger partial charge in [-0.15, -0.1) is 6.42 Å². The average Bonchev–Trinajstić information content (AvgIpc) is 3.20. The molecule has 11 heteroatoms. The summed E-state index contributed by atoms with van der Waals surface area (Å²) in [6, 6.07) is 2.74. The molecule has 0 aromatic carbocycles. The second kappa shape index (κ2) is 10.2. The lowest BCUT2D eigenvalue weighted by atomic mass is 10.0. The first kappa shape index (κ1) is 25.0. The van der Waals surface area contributed by atoms with Gasteiger partial charge in [0.15, 0.2) is 11.6 Å². The lowest BCUT2D eigenvalue weighted by molar-refractivity contribution is 0.415. The van der Waals surface area contributed by atoms with Crippen molar-refractivity contribution in [2.24, 2.45) is 17.0 Å². The van der Waals surface area contributed by atoms with Crippen molar-refractivity contribution in [3.63, 3.8) is 0 Å². The van der Waals surface area contributed by atoms with Gasteiger partial charge in [-0.05, 0) is 20.6 Å².